The molecule has 0 saturated heterocycles. The fraction of sp³-hybridized carbons (Fsp3) is 0.0769. The van der Waals surface area contributed by atoms with E-state index in [2.05, 4.69) is 25.5 Å². The molecule has 0 aliphatic heterocycles. The number of benzene rings is 1. The van der Waals surface area contributed by atoms with Gasteiger partial charge in [-0.25, -0.2) is 5.43 Å². The highest BCUT2D eigenvalue weighted by Crippen LogP contribution is 2.17. The van der Waals surface area contributed by atoms with Gasteiger partial charge in [0.1, 0.15) is 11.2 Å². The molecule has 0 saturated carbocycles. The van der Waals surface area contributed by atoms with Gasteiger partial charge in [-0.1, -0.05) is 12.1 Å². The van der Waals surface area contributed by atoms with E-state index in [9.17, 15) is 0 Å². The normalized spacial score (nSPS) is 11.7. The second-order valence-corrected chi connectivity index (χ2v) is 3.89. The highest BCUT2D eigenvalue weighted by atomic mass is 16.4. The van der Waals surface area contributed by atoms with E-state index in [0.717, 1.165) is 11.1 Å². The van der Waals surface area contributed by atoms with Crippen LogP contribution in [0, 0.1) is 0 Å². The third kappa shape index (κ3) is 2.42. The van der Waals surface area contributed by atoms with Crippen molar-refractivity contribution in [3.05, 3.63) is 48.5 Å². The molecule has 1 aromatic carbocycles. The molecule has 0 aliphatic carbocycles. The molecular weight excluding hydrogens is 242 g/mol. The van der Waals surface area contributed by atoms with Crippen LogP contribution in [0.4, 0.5) is 6.01 Å². The molecule has 0 spiro atoms. The third-order valence-electron chi connectivity index (χ3n) is 2.55. The standard InChI is InChI=1S/C13H11N5O/c1-9(11-8-14-6-7-15-11)17-18-13-16-10-4-2-3-5-12(10)19-13/h2-8H,1H3,(H,16,18)/b17-9-. The van der Waals surface area contributed by atoms with Crippen LogP contribution in [0.25, 0.3) is 11.1 Å². The SMILES string of the molecule is C/C(=N/Nc1nc2ccccc2o1)c1cnccn1. The van der Waals surface area contributed by atoms with E-state index in [-0.39, 0.29) is 0 Å². The lowest BCUT2D eigenvalue weighted by Gasteiger charge is -1.98. The van der Waals surface area contributed by atoms with Crippen LogP contribution < -0.4 is 5.43 Å². The monoisotopic (exact) mass is 253 g/mol. The van der Waals surface area contributed by atoms with Crippen molar-refractivity contribution in [1.29, 1.82) is 0 Å². The minimum Gasteiger partial charge on any atom is -0.422 e. The Labute approximate surface area is 109 Å². The summed E-state index contributed by atoms with van der Waals surface area (Å²) in [6.07, 6.45) is 4.88. The number of hydrogen-bond donors (Lipinski definition) is 1. The van der Waals surface area contributed by atoms with Gasteiger partial charge in [0.2, 0.25) is 0 Å². The summed E-state index contributed by atoms with van der Waals surface area (Å²) >= 11 is 0. The van der Waals surface area contributed by atoms with Gasteiger partial charge in [-0.2, -0.15) is 10.1 Å². The Morgan fingerprint density at radius 3 is 2.95 bits per heavy atom. The number of hydrogen-bond acceptors (Lipinski definition) is 6. The van der Waals surface area contributed by atoms with Crippen LogP contribution in [-0.4, -0.2) is 20.7 Å². The smallest absolute Gasteiger partial charge is 0.316 e. The number of oxazole rings is 1. The minimum atomic E-state index is 0.351. The van der Waals surface area contributed by atoms with Crippen molar-refractivity contribution in [2.45, 2.75) is 6.92 Å². The molecule has 94 valence electrons. The third-order valence-corrected chi connectivity index (χ3v) is 2.55. The van der Waals surface area contributed by atoms with Crippen molar-refractivity contribution in [1.82, 2.24) is 15.0 Å². The Bertz CT molecular complexity index is 687. The molecule has 0 aliphatic rings. The summed E-state index contributed by atoms with van der Waals surface area (Å²) in [5, 5.41) is 4.17. The van der Waals surface area contributed by atoms with E-state index in [1.807, 2.05) is 31.2 Å². The lowest BCUT2D eigenvalue weighted by Crippen LogP contribution is -2.02. The topological polar surface area (TPSA) is 76.2 Å². The molecule has 1 N–H and O–H groups in total. The first-order chi connectivity index (χ1) is 9.33. The molecule has 6 heteroatoms. The maximum absolute atomic E-state index is 5.49. The Morgan fingerprint density at radius 1 is 1.26 bits per heavy atom. The van der Waals surface area contributed by atoms with Crippen LogP contribution >= 0.6 is 0 Å². The molecule has 0 atom stereocenters. The average Bonchev–Trinajstić information content (AvgIpc) is 2.88. The molecule has 0 bridgehead atoms. The van der Waals surface area contributed by atoms with Gasteiger partial charge >= 0.3 is 6.01 Å². The summed E-state index contributed by atoms with van der Waals surface area (Å²) in [5.41, 5.74) is 5.69. The van der Waals surface area contributed by atoms with Gasteiger partial charge in [0.25, 0.3) is 0 Å². The van der Waals surface area contributed by atoms with Crippen molar-refractivity contribution in [2.24, 2.45) is 5.10 Å². The van der Waals surface area contributed by atoms with E-state index >= 15 is 0 Å². The van der Waals surface area contributed by atoms with Crippen LogP contribution in [0.15, 0.2) is 52.4 Å². The van der Waals surface area contributed by atoms with Gasteiger partial charge in [-0.15, -0.1) is 0 Å². The zero-order chi connectivity index (χ0) is 13.1. The van der Waals surface area contributed by atoms with E-state index in [0.29, 0.717) is 17.4 Å². The molecule has 2 heterocycles. The first-order valence-corrected chi connectivity index (χ1v) is 5.75. The molecule has 0 radical (unpaired) electrons. The molecule has 0 fully saturated rings. The van der Waals surface area contributed by atoms with Crippen LogP contribution in [0.5, 0.6) is 0 Å². The predicted molar refractivity (Wildman–Crippen MR) is 71.9 cm³/mol. The molecule has 2 aromatic heterocycles. The van der Waals surface area contributed by atoms with E-state index < -0.39 is 0 Å². The van der Waals surface area contributed by atoms with Crippen molar-refractivity contribution < 1.29 is 4.42 Å². The van der Waals surface area contributed by atoms with Crippen molar-refractivity contribution >= 4 is 22.8 Å². The highest BCUT2D eigenvalue weighted by Gasteiger charge is 2.04. The van der Waals surface area contributed by atoms with Crippen LogP contribution in [0.3, 0.4) is 0 Å². The Hall–Kier alpha value is -2.76. The van der Waals surface area contributed by atoms with Gasteiger partial charge in [-0.05, 0) is 19.1 Å². The summed E-state index contributed by atoms with van der Waals surface area (Å²) in [6.45, 7) is 1.83. The number of anilines is 1. The molecular formula is C13H11N5O. The quantitative estimate of drug-likeness (QED) is 0.573. The lowest BCUT2D eigenvalue weighted by atomic mass is 10.3. The minimum absolute atomic E-state index is 0.351. The summed E-state index contributed by atoms with van der Waals surface area (Å²) in [6, 6.07) is 7.88. The first kappa shape index (κ1) is 11.3. The number of rotatable bonds is 3. The highest BCUT2D eigenvalue weighted by molar-refractivity contribution is 5.96. The lowest BCUT2D eigenvalue weighted by molar-refractivity contribution is 0.617. The summed E-state index contributed by atoms with van der Waals surface area (Å²) in [5.74, 6) is 0. The molecule has 0 unspecified atom stereocenters. The molecule has 0 amide bonds. The Morgan fingerprint density at radius 2 is 2.16 bits per heavy atom. The molecule has 3 aromatic rings. The number of nitrogens with one attached hydrogen (secondary N) is 1. The number of hydrazone groups is 1. The van der Waals surface area contributed by atoms with E-state index in [4.69, 9.17) is 4.42 Å². The van der Waals surface area contributed by atoms with Gasteiger partial charge in [-0.3, -0.25) is 9.97 Å². The fourth-order valence-electron chi connectivity index (χ4n) is 1.59. The van der Waals surface area contributed by atoms with Gasteiger partial charge < -0.3 is 4.42 Å². The largest absolute Gasteiger partial charge is 0.422 e. The van der Waals surface area contributed by atoms with Crippen molar-refractivity contribution in [3.8, 4) is 0 Å². The van der Waals surface area contributed by atoms with Crippen molar-refractivity contribution in [3.63, 3.8) is 0 Å². The van der Waals surface area contributed by atoms with Crippen LogP contribution in [0.2, 0.25) is 0 Å². The van der Waals surface area contributed by atoms with Gasteiger partial charge in [0.05, 0.1) is 11.9 Å². The van der Waals surface area contributed by atoms with Gasteiger partial charge in [0.15, 0.2) is 5.58 Å². The second kappa shape index (κ2) is 4.85. The Kier molecular flexibility index (Phi) is 2.89. The van der Waals surface area contributed by atoms with Crippen LogP contribution in [0.1, 0.15) is 12.6 Å². The summed E-state index contributed by atoms with van der Waals surface area (Å²) < 4.78 is 5.49. The van der Waals surface area contributed by atoms with Crippen LogP contribution in [-0.2, 0) is 0 Å². The number of aromatic nitrogens is 3. The summed E-state index contributed by atoms with van der Waals surface area (Å²) in [7, 11) is 0. The van der Waals surface area contributed by atoms with Gasteiger partial charge in [0, 0.05) is 12.4 Å². The number of nitrogens with zero attached hydrogens (tertiary/aromatic N) is 4. The average molecular weight is 253 g/mol. The number of fused-ring (bicyclic) bond motifs is 1. The predicted octanol–water partition coefficient (Wildman–Crippen LogP) is 2.45. The van der Waals surface area contributed by atoms with E-state index in [1.54, 1.807) is 18.6 Å². The number of para-hydroxylation sites is 2. The maximum atomic E-state index is 5.49. The van der Waals surface area contributed by atoms with Crippen molar-refractivity contribution in [2.75, 3.05) is 5.43 Å². The second-order valence-electron chi connectivity index (χ2n) is 3.89. The Balaban J connectivity index is 1.82. The molecule has 3 rings (SSSR count). The maximum Gasteiger partial charge on any atom is 0.316 e. The summed E-state index contributed by atoms with van der Waals surface area (Å²) in [4.78, 5) is 12.4. The first-order valence-electron chi connectivity index (χ1n) is 5.75. The zero-order valence-electron chi connectivity index (χ0n) is 10.2. The molecule has 6 nitrogen and oxygen atoms in total. The molecule has 19 heavy (non-hydrogen) atoms. The van der Waals surface area contributed by atoms with E-state index in [1.165, 1.54) is 0 Å². The zero-order valence-corrected chi connectivity index (χ0v) is 10.2. The fourth-order valence-corrected chi connectivity index (χ4v) is 1.59.